The van der Waals surface area contributed by atoms with Crippen LogP contribution in [-0.4, -0.2) is 93.2 Å². The van der Waals surface area contributed by atoms with Gasteiger partial charge < -0.3 is 23.8 Å². The largest absolute Gasteiger partial charge is 0.466 e. The molecule has 2 heterocycles. The van der Waals surface area contributed by atoms with Crippen LogP contribution in [0.5, 0.6) is 0 Å². The van der Waals surface area contributed by atoms with E-state index in [1.54, 1.807) is 0 Å². The van der Waals surface area contributed by atoms with E-state index in [1.165, 1.54) is 103 Å². The summed E-state index contributed by atoms with van der Waals surface area (Å²) in [6.45, 7) is 16.3. The fourth-order valence-corrected chi connectivity index (χ4v) is 9.22. The van der Waals surface area contributed by atoms with Gasteiger partial charge in [-0.05, 0) is 57.4 Å². The van der Waals surface area contributed by atoms with Crippen molar-refractivity contribution in [2.24, 2.45) is 11.8 Å². The molecule has 0 aromatic rings. The Morgan fingerprint density at radius 1 is 0.542 bits per heavy atom. The minimum Gasteiger partial charge on any atom is -0.466 e. The monoisotopic (exact) mass is 835 g/mol. The smallest absolute Gasteiger partial charge is 0.305 e. The molecule has 2 saturated heterocycles. The molecule has 2 fully saturated rings. The normalized spacial score (nSPS) is 17.4. The number of rotatable bonds is 40. The zero-order valence-electron chi connectivity index (χ0n) is 39.9. The molecule has 0 saturated carbocycles. The van der Waals surface area contributed by atoms with Gasteiger partial charge in [-0.1, -0.05) is 169 Å². The highest BCUT2D eigenvalue weighted by Crippen LogP contribution is 2.35. The molecule has 0 aromatic heterocycles. The summed E-state index contributed by atoms with van der Waals surface area (Å²) in [4.78, 5) is 29.9. The lowest BCUT2D eigenvalue weighted by Gasteiger charge is -2.34. The van der Waals surface area contributed by atoms with Crippen molar-refractivity contribution < 1.29 is 28.5 Å². The number of carbonyl (C=O) groups excluding carboxylic acids is 2. The summed E-state index contributed by atoms with van der Waals surface area (Å²) in [5.41, 5.74) is 0. The van der Waals surface area contributed by atoms with Crippen molar-refractivity contribution in [1.29, 1.82) is 0 Å². The fraction of sp³-hybridized carbons (Fsp3) is 0.961. The first-order valence-corrected chi connectivity index (χ1v) is 25.9. The topological polar surface area (TPSA) is 77.5 Å². The maximum atomic E-state index is 12.5. The van der Waals surface area contributed by atoms with Gasteiger partial charge in [0.05, 0.1) is 25.9 Å². The van der Waals surface area contributed by atoms with E-state index < -0.39 is 5.79 Å². The number of hydrogen-bond donors (Lipinski definition) is 0. The number of esters is 2. The lowest BCUT2D eigenvalue weighted by molar-refractivity contribution is -0.181. The number of hydrogen-bond acceptors (Lipinski definition) is 8. The molecule has 0 aromatic carbocycles. The molecule has 2 aliphatic rings. The average molecular weight is 835 g/mol. The molecule has 0 radical (unpaired) electrons. The van der Waals surface area contributed by atoms with Gasteiger partial charge in [0.15, 0.2) is 5.79 Å². The molecule has 0 N–H and O–H groups in total. The molecule has 1 unspecified atom stereocenters. The van der Waals surface area contributed by atoms with Crippen molar-refractivity contribution in [3.05, 3.63) is 0 Å². The van der Waals surface area contributed by atoms with E-state index in [2.05, 4.69) is 44.5 Å². The first-order chi connectivity index (χ1) is 28.8. The van der Waals surface area contributed by atoms with Crippen molar-refractivity contribution in [2.75, 3.05) is 59.6 Å². The Morgan fingerprint density at radius 3 is 1.37 bits per heavy atom. The van der Waals surface area contributed by atoms with E-state index in [0.717, 1.165) is 123 Å². The van der Waals surface area contributed by atoms with Crippen LogP contribution in [0.4, 0.5) is 0 Å². The van der Waals surface area contributed by atoms with Gasteiger partial charge in [-0.15, -0.1) is 0 Å². The summed E-state index contributed by atoms with van der Waals surface area (Å²) in [6, 6.07) is 0. The highest BCUT2D eigenvalue weighted by Gasteiger charge is 2.41. The fourth-order valence-electron chi connectivity index (χ4n) is 9.22. The molecule has 8 nitrogen and oxygen atoms in total. The van der Waals surface area contributed by atoms with Gasteiger partial charge in [0.2, 0.25) is 0 Å². The number of piperazine rings is 1. The molecule has 0 bridgehead atoms. The second-order valence-corrected chi connectivity index (χ2v) is 18.8. The van der Waals surface area contributed by atoms with Crippen LogP contribution in [0.2, 0.25) is 0 Å². The third-order valence-electron chi connectivity index (χ3n) is 13.3. The van der Waals surface area contributed by atoms with Crippen LogP contribution in [0.3, 0.4) is 0 Å². The SMILES string of the molecule is CCCCCC(CCCCC)CCOC(=O)CCCCCCCC1(CCCCCCCC(=O)OCCC(CCCCC)CCCCC)OCC(CN2CCN(C)CC2)O1. The molecule has 348 valence electrons. The first-order valence-electron chi connectivity index (χ1n) is 25.9. The highest BCUT2D eigenvalue weighted by molar-refractivity contribution is 5.69. The Morgan fingerprint density at radius 2 is 0.949 bits per heavy atom. The van der Waals surface area contributed by atoms with Gasteiger partial charge in [-0.3, -0.25) is 14.5 Å². The van der Waals surface area contributed by atoms with Crippen molar-refractivity contribution in [2.45, 2.75) is 245 Å². The van der Waals surface area contributed by atoms with Crippen molar-refractivity contribution >= 4 is 11.9 Å². The van der Waals surface area contributed by atoms with Crippen molar-refractivity contribution in [1.82, 2.24) is 9.80 Å². The molecule has 59 heavy (non-hydrogen) atoms. The molecule has 2 rings (SSSR count). The lowest BCUT2D eigenvalue weighted by Crippen LogP contribution is -2.47. The molecule has 0 amide bonds. The Balaban J connectivity index is 1.66. The van der Waals surface area contributed by atoms with Gasteiger partial charge in [-0.2, -0.15) is 0 Å². The van der Waals surface area contributed by atoms with Crippen LogP contribution in [0, 0.1) is 11.8 Å². The van der Waals surface area contributed by atoms with Gasteiger partial charge in [0.25, 0.3) is 0 Å². The number of nitrogens with zero attached hydrogens (tertiary/aromatic N) is 2. The average Bonchev–Trinajstić information content (AvgIpc) is 3.63. The lowest BCUT2D eigenvalue weighted by atomic mass is 9.92. The van der Waals surface area contributed by atoms with Crippen LogP contribution < -0.4 is 0 Å². The van der Waals surface area contributed by atoms with E-state index in [-0.39, 0.29) is 18.0 Å². The number of carbonyl (C=O) groups is 2. The number of likely N-dealkylation sites (N-methyl/N-ethyl adjacent to an activating group) is 1. The van der Waals surface area contributed by atoms with E-state index >= 15 is 0 Å². The van der Waals surface area contributed by atoms with E-state index in [4.69, 9.17) is 18.9 Å². The minimum absolute atomic E-state index is 0.0152. The summed E-state index contributed by atoms with van der Waals surface area (Å²) in [7, 11) is 2.21. The van der Waals surface area contributed by atoms with Crippen LogP contribution in [0.15, 0.2) is 0 Å². The molecule has 1 atom stereocenters. The molecule has 0 spiro atoms. The first kappa shape index (κ1) is 53.9. The summed E-state index contributed by atoms with van der Waals surface area (Å²) < 4.78 is 24.8. The zero-order chi connectivity index (χ0) is 42.7. The third kappa shape index (κ3) is 28.2. The zero-order valence-corrected chi connectivity index (χ0v) is 39.9. The van der Waals surface area contributed by atoms with Gasteiger partial charge in [0.1, 0.15) is 0 Å². The second-order valence-electron chi connectivity index (χ2n) is 18.8. The van der Waals surface area contributed by atoms with Crippen LogP contribution in [-0.2, 0) is 28.5 Å². The maximum absolute atomic E-state index is 12.5. The summed E-state index contributed by atoms with van der Waals surface area (Å²) in [6.07, 6.45) is 36.4. The van der Waals surface area contributed by atoms with Crippen LogP contribution >= 0.6 is 0 Å². The Bertz CT molecular complexity index is 911. The van der Waals surface area contributed by atoms with Crippen molar-refractivity contribution in [3.63, 3.8) is 0 Å². The third-order valence-corrected chi connectivity index (χ3v) is 13.3. The van der Waals surface area contributed by atoms with E-state index in [9.17, 15) is 9.59 Å². The predicted molar refractivity (Wildman–Crippen MR) is 247 cm³/mol. The van der Waals surface area contributed by atoms with Crippen molar-refractivity contribution in [3.8, 4) is 0 Å². The summed E-state index contributed by atoms with van der Waals surface area (Å²) in [5.74, 6) is 0.904. The number of ether oxygens (including phenoxy) is 4. The summed E-state index contributed by atoms with van der Waals surface area (Å²) in [5, 5.41) is 0. The van der Waals surface area contributed by atoms with E-state index in [0.29, 0.717) is 44.5 Å². The van der Waals surface area contributed by atoms with Gasteiger partial charge in [0, 0.05) is 58.4 Å². The Hall–Kier alpha value is -1.22. The maximum Gasteiger partial charge on any atom is 0.305 e. The molecule has 8 heteroatoms. The van der Waals surface area contributed by atoms with Gasteiger partial charge >= 0.3 is 11.9 Å². The van der Waals surface area contributed by atoms with E-state index in [1.807, 2.05) is 0 Å². The predicted octanol–water partition coefficient (Wildman–Crippen LogP) is 13.2. The molecule has 0 aliphatic carbocycles. The molecule has 2 aliphatic heterocycles. The highest BCUT2D eigenvalue weighted by atomic mass is 16.7. The quantitative estimate of drug-likeness (QED) is 0.0446. The molecular weight excluding hydrogens is 737 g/mol. The Labute approximate surface area is 365 Å². The standard InChI is InChI=1S/C51H98N2O6/c1-6-10-20-28-46(29-21-11-7-2)34-42-56-49(54)32-24-16-14-18-26-36-51(58-45-48(59-51)44-53-40-38-52(5)39-41-53)37-27-19-15-17-25-33-50(55)57-43-35-47(30-22-12-8-3)31-23-13-9-4/h46-48H,6-45H2,1-5H3. The Kier molecular flexibility index (Phi) is 33.2. The van der Waals surface area contributed by atoms with Crippen LogP contribution in [0.1, 0.15) is 233 Å². The number of unbranched alkanes of at least 4 members (excludes halogenated alkanes) is 16. The van der Waals surface area contributed by atoms with Crippen LogP contribution in [0.25, 0.3) is 0 Å². The molecular formula is C51H98N2O6. The minimum atomic E-state index is -0.471. The second kappa shape index (κ2) is 36.3. The van der Waals surface area contributed by atoms with Gasteiger partial charge in [-0.25, -0.2) is 0 Å². The summed E-state index contributed by atoms with van der Waals surface area (Å²) >= 11 is 0.